The maximum absolute atomic E-state index is 3.70. The van der Waals surface area contributed by atoms with Gasteiger partial charge in [0.05, 0.1) is 0 Å². The van der Waals surface area contributed by atoms with Crippen LogP contribution >= 0.6 is 11.8 Å². The average molecular weight is 156 g/mol. The van der Waals surface area contributed by atoms with Crippen molar-refractivity contribution < 1.29 is 4.99 Å². The van der Waals surface area contributed by atoms with Gasteiger partial charge in [0.25, 0.3) is 0 Å². The zero-order valence-electron chi connectivity index (χ0n) is 6.55. The monoisotopic (exact) mass is 156 g/mol. The molecule has 0 atom stereocenters. The molecule has 0 bridgehead atoms. The van der Waals surface area contributed by atoms with E-state index in [1.807, 2.05) is 25.4 Å². The van der Waals surface area contributed by atoms with E-state index < -0.39 is 0 Å². The average Bonchev–Trinajstić information content (AvgIpc) is 1.98. The zero-order chi connectivity index (χ0) is 7.82. The van der Waals surface area contributed by atoms with Gasteiger partial charge in [-0.1, -0.05) is 19.6 Å². The summed E-state index contributed by atoms with van der Waals surface area (Å²) >= 11 is 1.79. The third kappa shape index (κ3) is 4.39. The maximum atomic E-state index is 3.70. The predicted molar refractivity (Wildman–Crippen MR) is 49.4 cm³/mol. The Kier molecular flexibility index (Phi) is 6.29. The van der Waals surface area contributed by atoms with Crippen molar-refractivity contribution in [3.8, 4) is 0 Å². The van der Waals surface area contributed by atoms with Gasteiger partial charge in [0.1, 0.15) is 7.05 Å². The third-order valence-corrected chi connectivity index (χ3v) is 1.85. The van der Waals surface area contributed by atoms with Crippen LogP contribution in [0.4, 0.5) is 0 Å². The number of rotatable bonds is 4. The molecule has 1 N–H and O–H groups in total. The summed E-state index contributed by atoms with van der Waals surface area (Å²) in [6.45, 7) is 5.82. The molecule has 0 rings (SSSR count). The van der Waals surface area contributed by atoms with E-state index in [1.165, 1.54) is 4.91 Å². The van der Waals surface area contributed by atoms with Gasteiger partial charge in [0, 0.05) is 11.0 Å². The van der Waals surface area contributed by atoms with Crippen molar-refractivity contribution in [2.75, 3.05) is 12.8 Å². The molecule has 0 spiro atoms. The SMILES string of the molecule is C=C/C(=C\C=[NH+]C)SCC. The molecule has 0 unspecified atom stereocenters. The topological polar surface area (TPSA) is 14.0 Å². The largest absolute Gasteiger partial charge is 0.251 e. The van der Waals surface area contributed by atoms with E-state index in [0.29, 0.717) is 0 Å². The van der Waals surface area contributed by atoms with Gasteiger partial charge in [-0.05, 0) is 5.75 Å². The minimum atomic E-state index is 1.09. The first-order valence-electron chi connectivity index (χ1n) is 3.31. The molecule has 0 aromatic rings. The van der Waals surface area contributed by atoms with Gasteiger partial charge in [-0.3, -0.25) is 4.99 Å². The summed E-state index contributed by atoms with van der Waals surface area (Å²) in [4.78, 5) is 4.13. The lowest BCUT2D eigenvalue weighted by Gasteiger charge is -1.92. The van der Waals surface area contributed by atoms with Gasteiger partial charge in [0.15, 0.2) is 6.21 Å². The van der Waals surface area contributed by atoms with Crippen LogP contribution in [0.15, 0.2) is 23.6 Å². The Morgan fingerprint density at radius 2 is 2.40 bits per heavy atom. The number of nitrogens with one attached hydrogen (secondary N) is 1. The van der Waals surface area contributed by atoms with E-state index in [2.05, 4.69) is 18.5 Å². The first-order chi connectivity index (χ1) is 4.85. The quantitative estimate of drug-likeness (QED) is 0.465. The smallest absolute Gasteiger partial charge is 0.162 e. The Morgan fingerprint density at radius 3 is 2.80 bits per heavy atom. The van der Waals surface area contributed by atoms with Crippen molar-refractivity contribution in [1.82, 2.24) is 0 Å². The predicted octanol–water partition coefficient (Wildman–Crippen LogP) is 0.591. The van der Waals surface area contributed by atoms with E-state index in [1.54, 1.807) is 11.8 Å². The van der Waals surface area contributed by atoms with Crippen molar-refractivity contribution in [3.05, 3.63) is 23.6 Å². The van der Waals surface area contributed by atoms with Crippen LogP contribution in [0, 0.1) is 0 Å². The normalized spacial score (nSPS) is 12.4. The second-order valence-electron chi connectivity index (χ2n) is 1.66. The molecule has 0 amide bonds. The number of thioether (sulfide) groups is 1. The lowest BCUT2D eigenvalue weighted by atomic mass is 10.5. The molecular formula is C8H14NS+. The number of hydrogen-bond acceptors (Lipinski definition) is 1. The summed E-state index contributed by atoms with van der Waals surface area (Å²) in [5.74, 6) is 1.09. The summed E-state index contributed by atoms with van der Waals surface area (Å²) in [5.41, 5.74) is 0. The molecule has 0 aromatic carbocycles. The Balaban J connectivity index is 3.90. The standard InChI is InChI=1S/C8H13NS/c1-4-8(10-5-2)6-7-9-3/h4,6-7H,1,5H2,2-3H3/p+1/b8-6+,9-7?. The summed E-state index contributed by atoms with van der Waals surface area (Å²) in [7, 11) is 1.88. The Labute approximate surface area is 66.9 Å². The highest BCUT2D eigenvalue weighted by molar-refractivity contribution is 8.03. The molecule has 0 radical (unpaired) electrons. The molecule has 0 heterocycles. The Morgan fingerprint density at radius 1 is 1.70 bits per heavy atom. The van der Waals surface area contributed by atoms with Gasteiger partial charge in [0.2, 0.25) is 0 Å². The molecule has 0 aliphatic carbocycles. The molecule has 10 heavy (non-hydrogen) atoms. The molecule has 2 heteroatoms. The summed E-state index contributed by atoms with van der Waals surface area (Å²) in [6, 6.07) is 0. The van der Waals surface area contributed by atoms with Crippen LogP contribution in [-0.2, 0) is 0 Å². The van der Waals surface area contributed by atoms with Gasteiger partial charge < -0.3 is 0 Å². The summed E-state index contributed by atoms with van der Waals surface area (Å²) in [6.07, 6.45) is 5.78. The molecule has 0 aliphatic rings. The van der Waals surface area contributed by atoms with E-state index in [0.717, 1.165) is 5.75 Å². The summed E-state index contributed by atoms with van der Waals surface area (Å²) in [5, 5.41) is 0. The molecule has 56 valence electrons. The highest BCUT2D eigenvalue weighted by Gasteiger charge is 1.87. The van der Waals surface area contributed by atoms with Crippen LogP contribution in [0.2, 0.25) is 0 Å². The Bertz CT molecular complexity index is 147. The van der Waals surface area contributed by atoms with Crippen LogP contribution in [0.5, 0.6) is 0 Å². The third-order valence-electron chi connectivity index (χ3n) is 0.926. The van der Waals surface area contributed by atoms with Crippen LogP contribution in [0.3, 0.4) is 0 Å². The molecular weight excluding hydrogens is 142 g/mol. The van der Waals surface area contributed by atoms with E-state index in [4.69, 9.17) is 0 Å². The molecule has 1 nitrogen and oxygen atoms in total. The number of allylic oxidation sites excluding steroid dienone is 2. The molecule has 0 saturated heterocycles. The molecule has 0 aromatic heterocycles. The van der Waals surface area contributed by atoms with Crippen molar-refractivity contribution in [3.63, 3.8) is 0 Å². The lowest BCUT2D eigenvalue weighted by Crippen LogP contribution is -2.62. The van der Waals surface area contributed by atoms with Gasteiger partial charge in [-0.2, -0.15) is 0 Å². The maximum Gasteiger partial charge on any atom is 0.162 e. The van der Waals surface area contributed by atoms with Crippen LogP contribution < -0.4 is 4.99 Å². The minimum absolute atomic E-state index is 1.09. The second-order valence-corrected chi connectivity index (χ2v) is 3.00. The number of hydrogen-bond donors (Lipinski definition) is 1. The van der Waals surface area contributed by atoms with Crippen molar-refractivity contribution in [1.29, 1.82) is 0 Å². The van der Waals surface area contributed by atoms with Gasteiger partial charge in [-0.25, -0.2) is 0 Å². The fourth-order valence-corrected chi connectivity index (χ4v) is 1.12. The second kappa shape index (κ2) is 6.62. The first kappa shape index (κ1) is 9.50. The lowest BCUT2D eigenvalue weighted by molar-refractivity contribution is -0.413. The highest BCUT2D eigenvalue weighted by Crippen LogP contribution is 2.13. The Hall–Kier alpha value is -0.500. The highest BCUT2D eigenvalue weighted by atomic mass is 32.2. The van der Waals surface area contributed by atoms with Crippen molar-refractivity contribution in [2.45, 2.75) is 6.92 Å². The van der Waals surface area contributed by atoms with Crippen LogP contribution in [0.25, 0.3) is 0 Å². The van der Waals surface area contributed by atoms with Crippen molar-refractivity contribution in [2.24, 2.45) is 0 Å². The molecule has 0 aliphatic heterocycles. The zero-order valence-corrected chi connectivity index (χ0v) is 7.37. The van der Waals surface area contributed by atoms with Gasteiger partial charge >= 0.3 is 0 Å². The van der Waals surface area contributed by atoms with Crippen LogP contribution in [0.1, 0.15) is 6.92 Å². The molecule has 0 saturated carbocycles. The van der Waals surface area contributed by atoms with Crippen LogP contribution in [-0.4, -0.2) is 19.0 Å². The van der Waals surface area contributed by atoms with E-state index in [-0.39, 0.29) is 0 Å². The first-order valence-corrected chi connectivity index (χ1v) is 4.29. The van der Waals surface area contributed by atoms with E-state index in [9.17, 15) is 0 Å². The minimum Gasteiger partial charge on any atom is -0.251 e. The fraction of sp³-hybridized carbons (Fsp3) is 0.375. The van der Waals surface area contributed by atoms with Gasteiger partial charge in [-0.15, -0.1) is 11.8 Å². The van der Waals surface area contributed by atoms with E-state index >= 15 is 0 Å². The molecule has 0 fully saturated rings. The summed E-state index contributed by atoms with van der Waals surface area (Å²) < 4.78 is 0. The fourth-order valence-electron chi connectivity index (χ4n) is 0.507. The van der Waals surface area contributed by atoms with Crippen molar-refractivity contribution >= 4 is 18.0 Å².